The lowest BCUT2D eigenvalue weighted by atomic mass is 9.69. The second-order valence-corrected chi connectivity index (χ2v) is 7.39. The molecule has 2 atom stereocenters. The summed E-state index contributed by atoms with van der Waals surface area (Å²) in [6.07, 6.45) is 8.54. The summed E-state index contributed by atoms with van der Waals surface area (Å²) in [7, 11) is 0. The molecule has 0 saturated heterocycles. The molecule has 2 unspecified atom stereocenters. The van der Waals surface area contributed by atoms with Crippen LogP contribution in [0.3, 0.4) is 0 Å². The summed E-state index contributed by atoms with van der Waals surface area (Å²) in [6.45, 7) is 0.277. The minimum Gasteiger partial charge on any atom is -0.445 e. The van der Waals surface area contributed by atoms with Gasteiger partial charge in [-0.25, -0.2) is 9.18 Å². The van der Waals surface area contributed by atoms with Crippen molar-refractivity contribution in [1.29, 1.82) is 0 Å². The van der Waals surface area contributed by atoms with E-state index in [1.807, 2.05) is 36.4 Å². The molecule has 0 heterocycles. The molecule has 1 aromatic carbocycles. The fourth-order valence-electron chi connectivity index (χ4n) is 4.36. The zero-order valence-corrected chi connectivity index (χ0v) is 14.8. The van der Waals surface area contributed by atoms with Gasteiger partial charge in [0.2, 0.25) is 0 Å². The number of alkyl carbamates (subject to hydrolysis) is 1. The maximum atomic E-state index is 13.8. The molecular weight excluding hydrogens is 329 g/mol. The highest BCUT2D eigenvalue weighted by atomic mass is 19.1. The number of rotatable bonds is 3. The quantitative estimate of drug-likeness (QED) is 0.743. The lowest BCUT2D eigenvalue weighted by Gasteiger charge is -2.38. The first-order valence-corrected chi connectivity index (χ1v) is 9.42. The molecule has 0 aromatic heterocycles. The zero-order valence-electron chi connectivity index (χ0n) is 14.8. The van der Waals surface area contributed by atoms with E-state index in [9.17, 15) is 9.18 Å². The highest BCUT2D eigenvalue weighted by Crippen LogP contribution is 2.46. The molecule has 0 aliphatic heterocycles. The highest BCUT2D eigenvalue weighted by molar-refractivity contribution is 5.67. The van der Waals surface area contributed by atoms with E-state index < -0.39 is 0 Å². The van der Waals surface area contributed by atoms with Gasteiger partial charge in [-0.1, -0.05) is 53.1 Å². The zero-order chi connectivity index (χ0) is 17.9. The third-order valence-electron chi connectivity index (χ3n) is 5.71. The van der Waals surface area contributed by atoms with Crippen LogP contribution in [0.5, 0.6) is 0 Å². The Hall–Kier alpha value is -2.36. The standard InChI is InChI=1S/C22H24FNO2/c23-18-10-8-16-6-7-17-9-11-19(13-21(17)20(16)12-18)24-22(25)26-14-15-4-2-1-3-5-15/h1-5,8,10,19-20H,6-7,9,11-14H2,(H,24,25). The maximum absolute atomic E-state index is 13.8. The van der Waals surface area contributed by atoms with Crippen LogP contribution in [0.15, 0.2) is 65.0 Å². The molecule has 0 saturated carbocycles. The molecule has 1 amide bonds. The Bertz CT molecular complexity index is 779. The van der Waals surface area contributed by atoms with Crippen molar-refractivity contribution < 1.29 is 13.9 Å². The molecule has 0 radical (unpaired) electrons. The Morgan fingerprint density at radius 1 is 1.12 bits per heavy atom. The van der Waals surface area contributed by atoms with Crippen LogP contribution in [-0.4, -0.2) is 12.1 Å². The highest BCUT2D eigenvalue weighted by Gasteiger charge is 2.33. The van der Waals surface area contributed by atoms with Crippen LogP contribution in [0.2, 0.25) is 0 Å². The number of allylic oxidation sites excluding steroid dienone is 5. The van der Waals surface area contributed by atoms with Crippen LogP contribution in [0.25, 0.3) is 0 Å². The second kappa shape index (κ2) is 7.48. The van der Waals surface area contributed by atoms with Crippen molar-refractivity contribution in [3.8, 4) is 0 Å². The van der Waals surface area contributed by atoms with Crippen molar-refractivity contribution in [2.24, 2.45) is 5.92 Å². The number of hydrogen-bond donors (Lipinski definition) is 1. The molecular formula is C22H24FNO2. The number of fused-ring (bicyclic) bond motifs is 2. The fourth-order valence-corrected chi connectivity index (χ4v) is 4.36. The number of carbonyl (C=O) groups is 1. The minimum absolute atomic E-state index is 0.0372. The number of benzene rings is 1. The molecule has 0 spiro atoms. The number of ether oxygens (including phenoxy) is 1. The van der Waals surface area contributed by atoms with Crippen molar-refractivity contribution >= 4 is 6.09 Å². The molecule has 136 valence electrons. The summed E-state index contributed by atoms with van der Waals surface area (Å²) in [5.74, 6) is 0.165. The van der Waals surface area contributed by atoms with E-state index in [-0.39, 0.29) is 30.5 Å². The van der Waals surface area contributed by atoms with Gasteiger partial charge in [-0.2, -0.15) is 0 Å². The molecule has 4 heteroatoms. The SMILES string of the molecule is O=C(NC1CCC2=C(C1)C1CC(F)=CC=C1CC2)OCc1ccccc1. The van der Waals surface area contributed by atoms with Crippen molar-refractivity contribution in [3.05, 3.63) is 70.6 Å². The normalized spacial score (nSPS) is 24.8. The molecule has 0 bridgehead atoms. The average molecular weight is 353 g/mol. The van der Waals surface area contributed by atoms with E-state index >= 15 is 0 Å². The Balaban J connectivity index is 1.35. The Labute approximate surface area is 153 Å². The summed E-state index contributed by atoms with van der Waals surface area (Å²) in [4.78, 5) is 12.1. The average Bonchev–Trinajstić information content (AvgIpc) is 2.67. The third kappa shape index (κ3) is 3.74. The summed E-state index contributed by atoms with van der Waals surface area (Å²) in [5, 5.41) is 3.01. The molecule has 3 aliphatic rings. The van der Waals surface area contributed by atoms with Crippen molar-refractivity contribution in [1.82, 2.24) is 5.32 Å². The summed E-state index contributed by atoms with van der Waals surface area (Å²) in [5.41, 5.74) is 5.16. The van der Waals surface area contributed by atoms with Crippen LogP contribution in [-0.2, 0) is 11.3 Å². The first kappa shape index (κ1) is 17.1. The van der Waals surface area contributed by atoms with Gasteiger partial charge in [-0.15, -0.1) is 0 Å². The number of hydrogen-bond acceptors (Lipinski definition) is 2. The van der Waals surface area contributed by atoms with Gasteiger partial charge >= 0.3 is 6.09 Å². The van der Waals surface area contributed by atoms with Crippen molar-refractivity contribution in [2.75, 3.05) is 0 Å². The number of carbonyl (C=O) groups excluding carboxylic acids is 1. The predicted octanol–water partition coefficient (Wildman–Crippen LogP) is 5.36. The molecule has 1 aromatic rings. The van der Waals surface area contributed by atoms with Gasteiger partial charge in [0.1, 0.15) is 12.4 Å². The lowest BCUT2D eigenvalue weighted by molar-refractivity contribution is 0.134. The third-order valence-corrected chi connectivity index (χ3v) is 5.71. The van der Waals surface area contributed by atoms with E-state index in [1.54, 1.807) is 6.08 Å². The Kier molecular flexibility index (Phi) is 4.91. The molecule has 0 fully saturated rings. The number of halogens is 1. The minimum atomic E-state index is -0.371. The van der Waals surface area contributed by atoms with Gasteiger partial charge in [0.25, 0.3) is 0 Å². The van der Waals surface area contributed by atoms with E-state index in [1.165, 1.54) is 16.7 Å². The molecule has 3 nitrogen and oxygen atoms in total. The van der Waals surface area contributed by atoms with Gasteiger partial charge in [-0.3, -0.25) is 0 Å². The molecule has 3 aliphatic carbocycles. The van der Waals surface area contributed by atoms with Crippen LogP contribution in [0, 0.1) is 5.92 Å². The smallest absolute Gasteiger partial charge is 0.407 e. The van der Waals surface area contributed by atoms with Gasteiger partial charge in [0, 0.05) is 18.4 Å². The van der Waals surface area contributed by atoms with E-state index in [2.05, 4.69) is 5.32 Å². The van der Waals surface area contributed by atoms with Crippen LogP contribution in [0.4, 0.5) is 9.18 Å². The van der Waals surface area contributed by atoms with Gasteiger partial charge < -0.3 is 10.1 Å². The van der Waals surface area contributed by atoms with Gasteiger partial charge in [0.05, 0.1) is 0 Å². The Morgan fingerprint density at radius 2 is 1.96 bits per heavy atom. The van der Waals surface area contributed by atoms with Crippen molar-refractivity contribution in [3.63, 3.8) is 0 Å². The van der Waals surface area contributed by atoms with E-state index in [4.69, 9.17) is 4.74 Å². The first-order valence-electron chi connectivity index (χ1n) is 9.42. The fraction of sp³-hybridized carbons (Fsp3) is 0.409. The second-order valence-electron chi connectivity index (χ2n) is 7.39. The monoisotopic (exact) mass is 353 g/mol. The van der Waals surface area contributed by atoms with Crippen LogP contribution >= 0.6 is 0 Å². The van der Waals surface area contributed by atoms with Crippen LogP contribution in [0.1, 0.15) is 44.1 Å². The van der Waals surface area contributed by atoms with E-state index in [0.717, 1.165) is 37.7 Å². The van der Waals surface area contributed by atoms with Gasteiger partial charge in [-0.05, 0) is 43.7 Å². The summed E-state index contributed by atoms with van der Waals surface area (Å²) in [6, 6.07) is 9.74. The topological polar surface area (TPSA) is 38.3 Å². The molecule has 26 heavy (non-hydrogen) atoms. The van der Waals surface area contributed by atoms with Crippen LogP contribution < -0.4 is 5.32 Å². The maximum Gasteiger partial charge on any atom is 0.407 e. The number of amides is 1. The first-order chi connectivity index (χ1) is 12.7. The molecule has 1 N–H and O–H groups in total. The lowest BCUT2D eigenvalue weighted by Crippen LogP contribution is -2.38. The van der Waals surface area contributed by atoms with Crippen molar-refractivity contribution in [2.45, 2.75) is 51.2 Å². The summed E-state index contributed by atoms with van der Waals surface area (Å²) >= 11 is 0. The number of nitrogens with one attached hydrogen (secondary N) is 1. The molecule has 4 rings (SSSR count). The largest absolute Gasteiger partial charge is 0.445 e. The Morgan fingerprint density at radius 3 is 2.81 bits per heavy atom. The van der Waals surface area contributed by atoms with Gasteiger partial charge in [0.15, 0.2) is 0 Å². The summed E-state index contributed by atoms with van der Waals surface area (Å²) < 4.78 is 19.1. The van der Waals surface area contributed by atoms with E-state index in [0.29, 0.717) is 6.42 Å². The predicted molar refractivity (Wildman–Crippen MR) is 99.0 cm³/mol.